The van der Waals surface area contributed by atoms with Crippen LogP contribution in [0.25, 0.3) is 0 Å². The Morgan fingerprint density at radius 2 is 2.10 bits per heavy atom. The van der Waals surface area contributed by atoms with Crippen molar-refractivity contribution in [3.63, 3.8) is 0 Å². The van der Waals surface area contributed by atoms with Gasteiger partial charge in [0.05, 0.1) is 7.11 Å². The summed E-state index contributed by atoms with van der Waals surface area (Å²) >= 11 is 0. The molecule has 0 heterocycles. The molecule has 0 amide bonds. The molecule has 0 aliphatic carbocycles. The molecular formula is C16H23NO3. The van der Waals surface area contributed by atoms with E-state index in [0.717, 1.165) is 17.7 Å². The normalized spacial score (nSPS) is 13.3. The highest BCUT2D eigenvalue weighted by Crippen LogP contribution is 2.20. The fraction of sp³-hybridized carbons (Fsp3) is 0.438. The number of ether oxygens (including phenoxy) is 1. The first-order chi connectivity index (χ1) is 9.45. The van der Waals surface area contributed by atoms with Gasteiger partial charge < -0.3 is 9.84 Å². The number of aliphatic carboxylic acids is 1. The van der Waals surface area contributed by atoms with E-state index in [1.165, 1.54) is 0 Å². The number of carbonyl (C=O) groups is 1. The first-order valence-corrected chi connectivity index (χ1v) is 6.68. The molecular weight excluding hydrogens is 254 g/mol. The van der Waals surface area contributed by atoms with Gasteiger partial charge in [0.15, 0.2) is 0 Å². The third kappa shape index (κ3) is 4.70. The molecule has 0 aliphatic heterocycles. The highest BCUT2D eigenvalue weighted by Gasteiger charge is 2.12. The molecule has 1 atom stereocenters. The van der Waals surface area contributed by atoms with Crippen LogP contribution in [0.5, 0.6) is 5.75 Å². The Labute approximate surface area is 120 Å². The molecule has 4 heteroatoms. The lowest BCUT2D eigenvalue weighted by Gasteiger charge is -2.24. The second-order valence-electron chi connectivity index (χ2n) is 5.00. The number of methoxy groups -OCH3 is 1. The molecule has 0 saturated heterocycles. The summed E-state index contributed by atoms with van der Waals surface area (Å²) < 4.78 is 5.35. The Balaban J connectivity index is 2.64. The van der Waals surface area contributed by atoms with E-state index in [0.29, 0.717) is 18.2 Å². The SMILES string of the molecule is COc1ccccc1CC(C)N(C)CC=C(C)C(=O)O. The van der Waals surface area contributed by atoms with Crippen LogP contribution < -0.4 is 4.74 Å². The first-order valence-electron chi connectivity index (χ1n) is 6.68. The van der Waals surface area contributed by atoms with Gasteiger partial charge in [-0.1, -0.05) is 24.3 Å². The maximum Gasteiger partial charge on any atom is 0.330 e. The molecule has 1 rings (SSSR count). The number of carboxylic acid groups (broad SMARTS) is 1. The summed E-state index contributed by atoms with van der Waals surface area (Å²) in [5.74, 6) is 0.0285. The van der Waals surface area contributed by atoms with Gasteiger partial charge in [-0.2, -0.15) is 0 Å². The Bertz CT molecular complexity index is 482. The number of rotatable bonds is 7. The lowest BCUT2D eigenvalue weighted by Crippen LogP contribution is -2.31. The van der Waals surface area contributed by atoms with Gasteiger partial charge in [0.1, 0.15) is 5.75 Å². The second kappa shape index (κ2) is 7.70. The number of hydrogen-bond donors (Lipinski definition) is 1. The largest absolute Gasteiger partial charge is 0.496 e. The van der Waals surface area contributed by atoms with Crippen LogP contribution in [-0.4, -0.2) is 42.7 Å². The van der Waals surface area contributed by atoms with Crippen LogP contribution in [0.2, 0.25) is 0 Å². The smallest absolute Gasteiger partial charge is 0.330 e. The summed E-state index contributed by atoms with van der Waals surface area (Å²) in [5.41, 5.74) is 1.54. The van der Waals surface area contributed by atoms with Gasteiger partial charge in [0, 0.05) is 18.2 Å². The van der Waals surface area contributed by atoms with Crippen molar-refractivity contribution in [1.29, 1.82) is 0 Å². The standard InChI is InChI=1S/C16H23NO3/c1-12(16(18)19)9-10-17(3)13(2)11-14-7-5-6-8-15(14)20-4/h5-9,13H,10-11H2,1-4H3,(H,18,19). The fourth-order valence-electron chi connectivity index (χ4n) is 1.89. The van der Waals surface area contributed by atoms with E-state index in [1.807, 2.05) is 25.2 Å². The van der Waals surface area contributed by atoms with Crippen LogP contribution in [0, 0.1) is 0 Å². The predicted molar refractivity (Wildman–Crippen MR) is 80.2 cm³/mol. The minimum Gasteiger partial charge on any atom is -0.496 e. The summed E-state index contributed by atoms with van der Waals surface area (Å²) in [6.07, 6.45) is 2.60. The summed E-state index contributed by atoms with van der Waals surface area (Å²) in [5, 5.41) is 8.83. The molecule has 0 radical (unpaired) electrons. The van der Waals surface area contributed by atoms with Crippen molar-refractivity contribution < 1.29 is 14.6 Å². The average molecular weight is 277 g/mol. The Hall–Kier alpha value is -1.81. The fourth-order valence-corrected chi connectivity index (χ4v) is 1.89. The Morgan fingerprint density at radius 3 is 2.70 bits per heavy atom. The lowest BCUT2D eigenvalue weighted by atomic mass is 10.1. The number of hydrogen-bond acceptors (Lipinski definition) is 3. The van der Waals surface area contributed by atoms with E-state index in [2.05, 4.69) is 17.9 Å². The van der Waals surface area contributed by atoms with Crippen LogP contribution >= 0.6 is 0 Å². The van der Waals surface area contributed by atoms with Gasteiger partial charge in [-0.3, -0.25) is 4.90 Å². The van der Waals surface area contributed by atoms with E-state index >= 15 is 0 Å². The molecule has 0 spiro atoms. The minimum atomic E-state index is -0.865. The summed E-state index contributed by atoms with van der Waals surface area (Å²) in [6, 6.07) is 8.26. The van der Waals surface area contributed by atoms with E-state index in [1.54, 1.807) is 20.1 Å². The number of carboxylic acids is 1. The van der Waals surface area contributed by atoms with Gasteiger partial charge in [-0.05, 0) is 38.9 Å². The van der Waals surface area contributed by atoms with Crippen molar-refractivity contribution in [2.75, 3.05) is 20.7 Å². The zero-order valence-electron chi connectivity index (χ0n) is 12.6. The van der Waals surface area contributed by atoms with Crippen LogP contribution in [0.4, 0.5) is 0 Å². The number of benzene rings is 1. The molecule has 0 aromatic heterocycles. The first kappa shape index (κ1) is 16.2. The van der Waals surface area contributed by atoms with Gasteiger partial charge in [0.25, 0.3) is 0 Å². The highest BCUT2D eigenvalue weighted by molar-refractivity contribution is 5.85. The van der Waals surface area contributed by atoms with Crippen LogP contribution in [0.3, 0.4) is 0 Å². The van der Waals surface area contributed by atoms with E-state index < -0.39 is 5.97 Å². The van der Waals surface area contributed by atoms with Gasteiger partial charge >= 0.3 is 5.97 Å². The average Bonchev–Trinajstić information content (AvgIpc) is 2.44. The zero-order valence-corrected chi connectivity index (χ0v) is 12.6. The maximum absolute atomic E-state index is 10.8. The highest BCUT2D eigenvalue weighted by atomic mass is 16.5. The maximum atomic E-state index is 10.8. The monoisotopic (exact) mass is 277 g/mol. The predicted octanol–water partition coefficient (Wildman–Crippen LogP) is 2.59. The molecule has 1 N–H and O–H groups in total. The van der Waals surface area contributed by atoms with Crippen molar-refractivity contribution >= 4 is 5.97 Å². The molecule has 20 heavy (non-hydrogen) atoms. The van der Waals surface area contributed by atoms with Crippen LogP contribution in [0.1, 0.15) is 19.4 Å². The van der Waals surface area contributed by atoms with Gasteiger partial charge in [-0.25, -0.2) is 4.79 Å². The third-order valence-electron chi connectivity index (χ3n) is 3.48. The van der Waals surface area contributed by atoms with E-state index in [9.17, 15) is 4.79 Å². The molecule has 0 saturated carbocycles. The topological polar surface area (TPSA) is 49.8 Å². The zero-order chi connectivity index (χ0) is 15.1. The second-order valence-corrected chi connectivity index (χ2v) is 5.00. The van der Waals surface area contributed by atoms with E-state index in [4.69, 9.17) is 9.84 Å². The van der Waals surface area contributed by atoms with Crippen LogP contribution in [-0.2, 0) is 11.2 Å². The molecule has 4 nitrogen and oxygen atoms in total. The lowest BCUT2D eigenvalue weighted by molar-refractivity contribution is -0.132. The Kier molecular flexibility index (Phi) is 6.25. The summed E-state index contributed by atoms with van der Waals surface area (Å²) in [6.45, 7) is 4.35. The van der Waals surface area contributed by atoms with Crippen molar-refractivity contribution in [3.05, 3.63) is 41.5 Å². The van der Waals surface area contributed by atoms with Crippen LogP contribution in [0.15, 0.2) is 35.9 Å². The van der Waals surface area contributed by atoms with Crippen molar-refractivity contribution in [3.8, 4) is 5.75 Å². The van der Waals surface area contributed by atoms with Gasteiger partial charge in [-0.15, -0.1) is 0 Å². The quantitative estimate of drug-likeness (QED) is 0.778. The minimum absolute atomic E-state index is 0.296. The number of para-hydroxylation sites is 1. The van der Waals surface area contributed by atoms with E-state index in [-0.39, 0.29) is 0 Å². The van der Waals surface area contributed by atoms with Crippen molar-refractivity contribution in [1.82, 2.24) is 4.90 Å². The summed E-state index contributed by atoms with van der Waals surface area (Å²) in [4.78, 5) is 12.9. The molecule has 0 fully saturated rings. The molecule has 0 bridgehead atoms. The molecule has 1 aromatic carbocycles. The summed E-state index contributed by atoms with van der Waals surface area (Å²) in [7, 11) is 3.66. The third-order valence-corrected chi connectivity index (χ3v) is 3.48. The molecule has 1 unspecified atom stereocenters. The van der Waals surface area contributed by atoms with Crippen molar-refractivity contribution in [2.45, 2.75) is 26.3 Å². The number of nitrogens with zero attached hydrogens (tertiary/aromatic N) is 1. The van der Waals surface area contributed by atoms with Crippen molar-refractivity contribution in [2.24, 2.45) is 0 Å². The molecule has 1 aromatic rings. The molecule has 110 valence electrons. The number of likely N-dealkylation sites (N-methyl/N-ethyl adjacent to an activating group) is 1. The Morgan fingerprint density at radius 1 is 1.45 bits per heavy atom. The molecule has 0 aliphatic rings. The van der Waals surface area contributed by atoms with Gasteiger partial charge in [0.2, 0.25) is 0 Å².